The molecule has 9 heteroatoms. The Labute approximate surface area is 188 Å². The highest BCUT2D eigenvalue weighted by atomic mass is 16.7. The van der Waals surface area contributed by atoms with Gasteiger partial charge in [-0.05, 0) is 36.5 Å². The molecule has 2 aliphatic rings. The fraction of sp³-hybridized carbons (Fsp3) is 0.565. The molecular weight excluding hydrogens is 410 g/mol. The van der Waals surface area contributed by atoms with Crippen molar-refractivity contribution in [1.29, 1.82) is 0 Å². The average molecular weight is 442 g/mol. The Kier molecular flexibility index (Phi) is 6.62. The van der Waals surface area contributed by atoms with Crippen LogP contribution in [0.5, 0.6) is 11.5 Å². The number of aryl methyl sites for hydroxylation is 1. The Bertz CT molecular complexity index is 987. The van der Waals surface area contributed by atoms with Crippen molar-refractivity contribution in [1.82, 2.24) is 25.0 Å². The Morgan fingerprint density at radius 3 is 2.72 bits per heavy atom. The number of amides is 2. The van der Waals surface area contributed by atoms with Crippen LogP contribution in [0.15, 0.2) is 18.2 Å². The van der Waals surface area contributed by atoms with E-state index in [-0.39, 0.29) is 24.6 Å². The van der Waals surface area contributed by atoms with Crippen LogP contribution in [0.3, 0.4) is 0 Å². The molecule has 32 heavy (non-hydrogen) atoms. The Hall–Kier alpha value is -3.10. The third-order valence-corrected chi connectivity index (χ3v) is 5.87. The van der Waals surface area contributed by atoms with Gasteiger partial charge in [0.1, 0.15) is 5.82 Å². The highest BCUT2D eigenvalue weighted by molar-refractivity contribution is 5.76. The molecule has 0 radical (unpaired) electrons. The van der Waals surface area contributed by atoms with Gasteiger partial charge < -0.3 is 24.3 Å². The van der Waals surface area contributed by atoms with E-state index in [9.17, 15) is 9.59 Å². The van der Waals surface area contributed by atoms with E-state index in [1.165, 1.54) is 6.92 Å². The minimum atomic E-state index is -0.179. The van der Waals surface area contributed by atoms with E-state index in [0.29, 0.717) is 44.8 Å². The summed E-state index contributed by atoms with van der Waals surface area (Å²) in [5.41, 5.74) is 1.06. The second-order valence-corrected chi connectivity index (χ2v) is 8.83. The molecule has 1 unspecified atom stereocenters. The lowest BCUT2D eigenvalue weighted by atomic mass is 10.0. The number of carbonyl (C=O) groups excluding carboxylic acids is 2. The Balaban J connectivity index is 1.38. The minimum Gasteiger partial charge on any atom is -0.454 e. The highest BCUT2D eigenvalue weighted by Crippen LogP contribution is 2.32. The summed E-state index contributed by atoms with van der Waals surface area (Å²) in [6.07, 6.45) is 2.53. The maximum Gasteiger partial charge on any atom is 0.231 e. The standard InChI is InChI=1S/C23H31N5O4/c1-15(2)12-18(24-16(3)29)23-26-25-21-8-9-27(10-11-28(21)23)22(30)7-5-17-4-6-19-20(13-17)32-14-31-19/h4,6,13,15,18H,5,7-12,14H2,1-3H3,(H,24,29). The van der Waals surface area contributed by atoms with E-state index in [4.69, 9.17) is 9.47 Å². The summed E-state index contributed by atoms with van der Waals surface area (Å²) < 4.78 is 12.8. The first-order valence-electron chi connectivity index (χ1n) is 11.3. The predicted octanol–water partition coefficient (Wildman–Crippen LogP) is 2.25. The van der Waals surface area contributed by atoms with Gasteiger partial charge in [0.05, 0.1) is 6.04 Å². The Morgan fingerprint density at radius 2 is 1.94 bits per heavy atom. The van der Waals surface area contributed by atoms with Crippen molar-refractivity contribution in [2.75, 3.05) is 19.9 Å². The summed E-state index contributed by atoms with van der Waals surface area (Å²) in [4.78, 5) is 26.5. The fourth-order valence-corrected chi connectivity index (χ4v) is 4.30. The summed E-state index contributed by atoms with van der Waals surface area (Å²) in [5, 5.41) is 11.8. The van der Waals surface area contributed by atoms with Crippen molar-refractivity contribution in [2.45, 2.75) is 59.0 Å². The number of nitrogens with zero attached hydrogens (tertiary/aromatic N) is 4. The third-order valence-electron chi connectivity index (χ3n) is 5.87. The number of aromatic nitrogens is 3. The average Bonchev–Trinajstić information content (AvgIpc) is 3.32. The molecule has 4 rings (SSSR count). The van der Waals surface area contributed by atoms with Crippen LogP contribution in [0.1, 0.15) is 56.9 Å². The molecule has 0 fully saturated rings. The summed E-state index contributed by atoms with van der Waals surface area (Å²) >= 11 is 0. The van der Waals surface area contributed by atoms with Gasteiger partial charge in [-0.2, -0.15) is 0 Å². The number of carbonyl (C=O) groups is 2. The van der Waals surface area contributed by atoms with Crippen molar-refractivity contribution in [3.8, 4) is 11.5 Å². The normalized spacial score (nSPS) is 15.9. The molecule has 1 aromatic heterocycles. The van der Waals surface area contributed by atoms with E-state index in [1.54, 1.807) is 0 Å². The van der Waals surface area contributed by atoms with Gasteiger partial charge in [-0.3, -0.25) is 9.59 Å². The van der Waals surface area contributed by atoms with Crippen LogP contribution in [0.4, 0.5) is 0 Å². The molecule has 0 spiro atoms. The van der Waals surface area contributed by atoms with Gasteiger partial charge in [0.2, 0.25) is 18.6 Å². The minimum absolute atomic E-state index is 0.0815. The van der Waals surface area contributed by atoms with E-state index in [1.807, 2.05) is 23.1 Å². The zero-order valence-corrected chi connectivity index (χ0v) is 19.0. The number of ether oxygens (including phenoxy) is 2. The molecule has 0 bridgehead atoms. The van der Waals surface area contributed by atoms with Gasteiger partial charge >= 0.3 is 0 Å². The largest absolute Gasteiger partial charge is 0.454 e. The molecule has 0 aliphatic carbocycles. The van der Waals surface area contributed by atoms with E-state index in [2.05, 4.69) is 33.9 Å². The van der Waals surface area contributed by atoms with E-state index < -0.39 is 0 Å². The molecule has 1 N–H and O–H groups in total. The zero-order chi connectivity index (χ0) is 22.7. The number of rotatable bonds is 7. The quantitative estimate of drug-likeness (QED) is 0.708. The van der Waals surface area contributed by atoms with Crippen molar-refractivity contribution in [3.05, 3.63) is 35.4 Å². The number of benzene rings is 1. The molecule has 3 heterocycles. The monoisotopic (exact) mass is 441 g/mol. The summed E-state index contributed by atoms with van der Waals surface area (Å²) in [7, 11) is 0. The molecule has 1 atom stereocenters. The summed E-state index contributed by atoms with van der Waals surface area (Å²) in [6.45, 7) is 7.86. The Morgan fingerprint density at radius 1 is 1.12 bits per heavy atom. The number of hydrogen-bond acceptors (Lipinski definition) is 6. The second kappa shape index (κ2) is 9.58. The lowest BCUT2D eigenvalue weighted by molar-refractivity contribution is -0.131. The molecule has 9 nitrogen and oxygen atoms in total. The van der Waals surface area contributed by atoms with Crippen LogP contribution < -0.4 is 14.8 Å². The molecule has 0 saturated heterocycles. The molecule has 2 aromatic rings. The smallest absolute Gasteiger partial charge is 0.231 e. The lowest BCUT2D eigenvalue weighted by Gasteiger charge is -2.22. The van der Waals surface area contributed by atoms with Crippen LogP contribution in [0.25, 0.3) is 0 Å². The number of hydrogen-bond donors (Lipinski definition) is 1. The predicted molar refractivity (Wildman–Crippen MR) is 117 cm³/mol. The van der Waals surface area contributed by atoms with Crippen molar-refractivity contribution in [3.63, 3.8) is 0 Å². The van der Waals surface area contributed by atoms with Gasteiger partial charge in [-0.25, -0.2) is 0 Å². The summed E-state index contributed by atoms with van der Waals surface area (Å²) in [6, 6.07) is 5.64. The lowest BCUT2D eigenvalue weighted by Crippen LogP contribution is -2.34. The van der Waals surface area contributed by atoms with Gasteiger partial charge in [0.25, 0.3) is 0 Å². The summed E-state index contributed by atoms with van der Waals surface area (Å²) in [5.74, 6) is 3.58. The third kappa shape index (κ3) is 5.03. The van der Waals surface area contributed by atoms with Crippen LogP contribution >= 0.6 is 0 Å². The molecule has 172 valence electrons. The fourth-order valence-electron chi connectivity index (χ4n) is 4.30. The maximum atomic E-state index is 12.9. The van der Waals surface area contributed by atoms with Gasteiger partial charge in [0.15, 0.2) is 17.3 Å². The first-order chi connectivity index (χ1) is 15.4. The van der Waals surface area contributed by atoms with Gasteiger partial charge in [-0.1, -0.05) is 19.9 Å². The maximum absolute atomic E-state index is 12.9. The van der Waals surface area contributed by atoms with Crippen molar-refractivity contribution >= 4 is 11.8 Å². The zero-order valence-electron chi connectivity index (χ0n) is 19.0. The number of fused-ring (bicyclic) bond motifs is 2. The first-order valence-corrected chi connectivity index (χ1v) is 11.3. The van der Waals surface area contributed by atoms with Crippen LogP contribution in [-0.2, 0) is 29.0 Å². The number of nitrogens with one attached hydrogen (secondary N) is 1. The van der Waals surface area contributed by atoms with Crippen molar-refractivity contribution in [2.24, 2.45) is 5.92 Å². The molecular formula is C23H31N5O4. The molecule has 2 aliphatic heterocycles. The van der Waals surface area contributed by atoms with Crippen LogP contribution in [0.2, 0.25) is 0 Å². The van der Waals surface area contributed by atoms with E-state index >= 15 is 0 Å². The molecule has 2 amide bonds. The highest BCUT2D eigenvalue weighted by Gasteiger charge is 2.26. The SMILES string of the molecule is CC(=O)NC(CC(C)C)c1nnc2n1CCN(C(=O)CCc1ccc3c(c1)OCO3)CC2. The van der Waals surface area contributed by atoms with Crippen molar-refractivity contribution < 1.29 is 19.1 Å². The molecule has 0 saturated carbocycles. The second-order valence-electron chi connectivity index (χ2n) is 8.83. The topological polar surface area (TPSA) is 98.6 Å². The molecule has 1 aromatic carbocycles. The van der Waals surface area contributed by atoms with E-state index in [0.717, 1.165) is 35.1 Å². The van der Waals surface area contributed by atoms with Crippen LogP contribution in [-0.4, -0.2) is 51.4 Å². The van der Waals surface area contributed by atoms with Crippen LogP contribution in [0, 0.1) is 5.92 Å². The van der Waals surface area contributed by atoms with Gasteiger partial charge in [-0.15, -0.1) is 10.2 Å². The first kappa shape index (κ1) is 22.1. The van der Waals surface area contributed by atoms with Gasteiger partial charge in [0, 0.05) is 39.4 Å².